The molecule has 1 atom stereocenters. The highest BCUT2D eigenvalue weighted by Gasteiger charge is 2.14. The first kappa shape index (κ1) is 9.19. The summed E-state index contributed by atoms with van der Waals surface area (Å²) < 4.78 is 0. The summed E-state index contributed by atoms with van der Waals surface area (Å²) in [4.78, 5) is 10.1. The zero-order valence-electron chi connectivity index (χ0n) is 5.82. The molecule has 60 valence electrons. The predicted octanol–water partition coefficient (Wildman–Crippen LogP) is 0.0929. The average Bonchev–Trinajstić information content (AvgIpc) is 1.87. The first-order chi connectivity index (χ1) is 4.59. The van der Waals surface area contributed by atoms with E-state index in [1.165, 1.54) is 0 Å². The highest BCUT2D eigenvalue weighted by molar-refractivity contribution is 5.63. The van der Waals surface area contributed by atoms with Crippen LogP contribution in [-0.4, -0.2) is 34.1 Å². The summed E-state index contributed by atoms with van der Waals surface area (Å²) in [5.74, 6) is 0. The monoisotopic (exact) mass is 148 g/mol. The molecule has 0 bridgehead atoms. The van der Waals surface area contributed by atoms with Crippen LogP contribution in [0.4, 0.5) is 4.79 Å². The Kier molecular flexibility index (Phi) is 3.75. The lowest BCUT2D eigenvalue weighted by molar-refractivity contribution is -0.0924. The Hall–Kier alpha value is -0.810. The second-order valence-electron chi connectivity index (χ2n) is 2.05. The van der Waals surface area contributed by atoms with E-state index in [4.69, 9.17) is 16.0 Å². The Morgan fingerprint density at radius 3 is 2.60 bits per heavy atom. The number of carboxylic acid groups (broad SMARTS) is 1. The van der Waals surface area contributed by atoms with Crippen molar-refractivity contribution in [3.05, 3.63) is 0 Å². The summed E-state index contributed by atoms with van der Waals surface area (Å²) in [6.45, 7) is 1.95. The van der Waals surface area contributed by atoms with E-state index in [1.807, 2.05) is 0 Å². The summed E-state index contributed by atoms with van der Waals surface area (Å²) in [5.41, 5.74) is 5.14. The Morgan fingerprint density at radius 2 is 2.30 bits per heavy atom. The average molecular weight is 148 g/mol. The fourth-order valence-electron chi connectivity index (χ4n) is 0.552. The molecule has 0 aromatic heterocycles. The van der Waals surface area contributed by atoms with E-state index in [-0.39, 0.29) is 5.06 Å². The molecule has 0 aliphatic carbocycles. The quantitative estimate of drug-likeness (QED) is 0.391. The fourth-order valence-corrected chi connectivity index (χ4v) is 0.552. The first-order valence-corrected chi connectivity index (χ1v) is 3.00. The number of hydrogen-bond acceptors (Lipinski definition) is 3. The van der Waals surface area contributed by atoms with Gasteiger partial charge in [0.2, 0.25) is 0 Å². The molecule has 1 amide bonds. The summed E-state index contributed by atoms with van der Waals surface area (Å²) in [6.07, 6.45) is -0.885. The van der Waals surface area contributed by atoms with Crippen LogP contribution in [0.15, 0.2) is 0 Å². The number of hydroxylamine groups is 2. The van der Waals surface area contributed by atoms with Crippen LogP contribution < -0.4 is 5.73 Å². The highest BCUT2D eigenvalue weighted by Crippen LogP contribution is 1.98. The minimum Gasteiger partial charge on any atom is -0.463 e. The Bertz CT molecular complexity index is 117. The third-order valence-electron chi connectivity index (χ3n) is 1.20. The predicted molar refractivity (Wildman–Crippen MR) is 34.8 cm³/mol. The van der Waals surface area contributed by atoms with E-state index in [2.05, 4.69) is 0 Å². The van der Waals surface area contributed by atoms with E-state index < -0.39 is 12.1 Å². The summed E-state index contributed by atoms with van der Waals surface area (Å²) >= 11 is 0. The van der Waals surface area contributed by atoms with E-state index >= 15 is 0 Å². The Labute approximate surface area is 59.0 Å². The van der Waals surface area contributed by atoms with Crippen molar-refractivity contribution in [1.29, 1.82) is 0 Å². The lowest BCUT2D eigenvalue weighted by Crippen LogP contribution is -2.35. The molecule has 0 radical (unpaired) electrons. The van der Waals surface area contributed by atoms with Gasteiger partial charge in [0.25, 0.3) is 0 Å². The molecule has 0 saturated heterocycles. The van der Waals surface area contributed by atoms with Crippen molar-refractivity contribution in [3.63, 3.8) is 0 Å². The van der Waals surface area contributed by atoms with Crippen molar-refractivity contribution in [3.8, 4) is 0 Å². The summed E-state index contributed by atoms with van der Waals surface area (Å²) in [7, 11) is 0. The number of carbonyl (C=O) groups is 1. The van der Waals surface area contributed by atoms with Gasteiger partial charge in [-0.05, 0) is 19.9 Å². The molecule has 0 aliphatic heterocycles. The Morgan fingerprint density at radius 1 is 1.80 bits per heavy atom. The van der Waals surface area contributed by atoms with Crippen LogP contribution in [0.3, 0.4) is 0 Å². The molecular weight excluding hydrogens is 136 g/mol. The maximum absolute atomic E-state index is 10.1. The SMILES string of the molecule is CC(CCN)N(O)C(=O)O. The molecule has 0 spiro atoms. The van der Waals surface area contributed by atoms with Crippen molar-refractivity contribution >= 4 is 6.09 Å². The van der Waals surface area contributed by atoms with E-state index in [0.717, 1.165) is 0 Å². The van der Waals surface area contributed by atoms with Crippen LogP contribution in [0.5, 0.6) is 0 Å². The van der Waals surface area contributed by atoms with Gasteiger partial charge in [0.05, 0.1) is 6.04 Å². The highest BCUT2D eigenvalue weighted by atomic mass is 16.6. The van der Waals surface area contributed by atoms with Crippen molar-refractivity contribution in [2.24, 2.45) is 5.73 Å². The van der Waals surface area contributed by atoms with Crippen LogP contribution in [0.1, 0.15) is 13.3 Å². The maximum Gasteiger partial charge on any atom is 0.431 e. The van der Waals surface area contributed by atoms with Crippen LogP contribution in [-0.2, 0) is 0 Å². The molecule has 0 heterocycles. The lowest BCUT2D eigenvalue weighted by Gasteiger charge is -2.17. The molecule has 0 rings (SSSR count). The van der Waals surface area contributed by atoms with Gasteiger partial charge in [0.1, 0.15) is 0 Å². The molecule has 5 nitrogen and oxygen atoms in total. The smallest absolute Gasteiger partial charge is 0.431 e. The molecule has 0 aromatic rings. The second kappa shape index (κ2) is 4.08. The summed E-state index contributed by atoms with van der Waals surface area (Å²) in [6, 6.07) is -0.428. The van der Waals surface area contributed by atoms with Gasteiger partial charge in [-0.3, -0.25) is 5.21 Å². The number of amides is 1. The zero-order valence-corrected chi connectivity index (χ0v) is 5.82. The third-order valence-corrected chi connectivity index (χ3v) is 1.20. The van der Waals surface area contributed by atoms with Crippen LogP contribution >= 0.6 is 0 Å². The third kappa shape index (κ3) is 2.65. The normalized spacial score (nSPS) is 12.7. The topological polar surface area (TPSA) is 86.8 Å². The number of hydrogen-bond donors (Lipinski definition) is 3. The first-order valence-electron chi connectivity index (χ1n) is 3.00. The van der Waals surface area contributed by atoms with Crippen LogP contribution in [0.2, 0.25) is 0 Å². The zero-order chi connectivity index (χ0) is 8.15. The fraction of sp³-hybridized carbons (Fsp3) is 0.800. The van der Waals surface area contributed by atoms with Crippen LogP contribution in [0.25, 0.3) is 0 Å². The molecule has 0 aliphatic rings. The molecule has 5 heteroatoms. The van der Waals surface area contributed by atoms with Crippen molar-refractivity contribution in [2.45, 2.75) is 19.4 Å². The minimum atomic E-state index is -1.35. The van der Waals surface area contributed by atoms with Gasteiger partial charge in [-0.25, -0.2) is 4.79 Å². The summed E-state index contributed by atoms with van der Waals surface area (Å²) in [5, 5.41) is 17.2. The molecular formula is C5H12N2O3. The van der Waals surface area contributed by atoms with Crippen molar-refractivity contribution in [2.75, 3.05) is 6.54 Å². The van der Waals surface area contributed by atoms with E-state index in [1.54, 1.807) is 6.92 Å². The van der Waals surface area contributed by atoms with Crippen LogP contribution in [0, 0.1) is 0 Å². The standard InChI is InChI=1S/C5H12N2O3/c1-4(2-3-6)7(10)5(8)9/h4,10H,2-3,6H2,1H3,(H,8,9). The van der Waals surface area contributed by atoms with Crippen molar-refractivity contribution in [1.82, 2.24) is 5.06 Å². The minimum absolute atomic E-state index is 0.257. The number of nitrogens with two attached hydrogens (primary N) is 1. The van der Waals surface area contributed by atoms with Gasteiger partial charge in [-0.15, -0.1) is 0 Å². The molecule has 1 unspecified atom stereocenters. The molecule has 4 N–H and O–H groups in total. The number of rotatable bonds is 3. The molecule has 0 fully saturated rings. The van der Waals surface area contributed by atoms with Gasteiger partial charge in [0.15, 0.2) is 0 Å². The van der Waals surface area contributed by atoms with E-state index in [9.17, 15) is 4.79 Å². The lowest BCUT2D eigenvalue weighted by atomic mass is 10.2. The van der Waals surface area contributed by atoms with E-state index in [0.29, 0.717) is 13.0 Å². The largest absolute Gasteiger partial charge is 0.463 e. The molecule has 0 saturated carbocycles. The molecule has 10 heavy (non-hydrogen) atoms. The molecule has 0 aromatic carbocycles. The van der Waals surface area contributed by atoms with Gasteiger partial charge in [-0.2, -0.15) is 5.06 Å². The number of nitrogens with zero attached hydrogens (tertiary/aromatic N) is 1. The Balaban J connectivity index is 3.69. The van der Waals surface area contributed by atoms with Gasteiger partial charge in [0, 0.05) is 0 Å². The van der Waals surface area contributed by atoms with Gasteiger partial charge in [-0.1, -0.05) is 0 Å². The maximum atomic E-state index is 10.1. The van der Waals surface area contributed by atoms with Gasteiger partial charge < -0.3 is 10.8 Å². The van der Waals surface area contributed by atoms with Crippen molar-refractivity contribution < 1.29 is 15.1 Å². The second-order valence-corrected chi connectivity index (χ2v) is 2.05. The van der Waals surface area contributed by atoms with Gasteiger partial charge >= 0.3 is 6.09 Å².